The molecule has 2 rings (SSSR count). The van der Waals surface area contributed by atoms with Gasteiger partial charge in [-0.25, -0.2) is 4.79 Å². The number of ether oxygens (including phenoxy) is 2. The van der Waals surface area contributed by atoms with Gasteiger partial charge in [-0.1, -0.05) is 12.8 Å². The first-order valence-electron chi connectivity index (χ1n) is 8.74. The first-order valence-corrected chi connectivity index (χ1v) is 8.74. The summed E-state index contributed by atoms with van der Waals surface area (Å²) < 4.78 is 10.8. The van der Waals surface area contributed by atoms with Crippen LogP contribution in [0.1, 0.15) is 55.8 Å². The second-order valence-corrected chi connectivity index (χ2v) is 6.52. The molecule has 7 nitrogen and oxygen atoms in total. The molecular formula is C19H25NO6. The molecule has 0 bridgehead atoms. The number of ketones is 1. The fourth-order valence-electron chi connectivity index (χ4n) is 3.12. The van der Waals surface area contributed by atoms with Gasteiger partial charge in [0, 0.05) is 12.0 Å². The SMILES string of the molecule is COc1cc(C(C)=O)ccc1OCCCC(=O)NC1(C(=O)O)CCCC1. The minimum absolute atomic E-state index is 0.0641. The highest BCUT2D eigenvalue weighted by molar-refractivity contribution is 5.94. The largest absolute Gasteiger partial charge is 0.493 e. The molecule has 0 atom stereocenters. The lowest BCUT2D eigenvalue weighted by atomic mass is 9.97. The molecule has 1 fully saturated rings. The molecule has 1 aromatic rings. The zero-order valence-corrected chi connectivity index (χ0v) is 15.2. The standard InChI is InChI=1S/C19H25NO6/c1-13(21)14-7-8-15(16(12-14)25-2)26-11-5-6-17(22)20-19(18(23)24)9-3-4-10-19/h7-8,12H,3-6,9-11H2,1-2H3,(H,20,22)(H,23,24). The summed E-state index contributed by atoms with van der Waals surface area (Å²) in [6.07, 6.45) is 3.20. The lowest BCUT2D eigenvalue weighted by Gasteiger charge is -2.25. The summed E-state index contributed by atoms with van der Waals surface area (Å²) >= 11 is 0. The fourth-order valence-corrected chi connectivity index (χ4v) is 3.12. The Morgan fingerprint density at radius 3 is 2.46 bits per heavy atom. The van der Waals surface area contributed by atoms with Gasteiger partial charge in [-0.2, -0.15) is 0 Å². The van der Waals surface area contributed by atoms with Crippen molar-refractivity contribution in [3.63, 3.8) is 0 Å². The average molecular weight is 363 g/mol. The Hall–Kier alpha value is -2.57. The third-order valence-corrected chi connectivity index (χ3v) is 4.62. The van der Waals surface area contributed by atoms with Crippen molar-refractivity contribution in [1.29, 1.82) is 0 Å². The Morgan fingerprint density at radius 1 is 1.19 bits per heavy atom. The van der Waals surface area contributed by atoms with Gasteiger partial charge in [0.25, 0.3) is 0 Å². The van der Waals surface area contributed by atoms with Crippen LogP contribution in [0.15, 0.2) is 18.2 Å². The van der Waals surface area contributed by atoms with Crippen LogP contribution < -0.4 is 14.8 Å². The molecule has 0 spiro atoms. The van der Waals surface area contributed by atoms with Crippen LogP contribution in [0, 0.1) is 0 Å². The van der Waals surface area contributed by atoms with Crippen LogP contribution in [0.3, 0.4) is 0 Å². The molecule has 2 N–H and O–H groups in total. The molecule has 1 aromatic carbocycles. The lowest BCUT2D eigenvalue weighted by Crippen LogP contribution is -2.52. The van der Waals surface area contributed by atoms with E-state index in [1.165, 1.54) is 14.0 Å². The number of amides is 1. The van der Waals surface area contributed by atoms with Crippen molar-refractivity contribution >= 4 is 17.7 Å². The molecule has 1 aliphatic rings. The molecule has 1 aliphatic carbocycles. The molecule has 0 aliphatic heterocycles. The van der Waals surface area contributed by atoms with Crippen molar-refractivity contribution in [3.8, 4) is 11.5 Å². The number of hydrogen-bond donors (Lipinski definition) is 2. The maximum atomic E-state index is 12.1. The van der Waals surface area contributed by atoms with Crippen molar-refractivity contribution in [2.45, 2.75) is 51.0 Å². The van der Waals surface area contributed by atoms with E-state index in [2.05, 4.69) is 5.32 Å². The summed E-state index contributed by atoms with van der Waals surface area (Å²) in [5.74, 6) is -0.355. The number of carboxylic acid groups (broad SMARTS) is 1. The van der Waals surface area contributed by atoms with E-state index in [1.54, 1.807) is 18.2 Å². The third kappa shape index (κ3) is 4.74. The maximum absolute atomic E-state index is 12.1. The number of aliphatic carboxylic acids is 1. The highest BCUT2D eigenvalue weighted by atomic mass is 16.5. The molecule has 0 unspecified atom stereocenters. The van der Waals surface area contributed by atoms with Gasteiger partial charge in [-0.05, 0) is 44.4 Å². The molecule has 7 heteroatoms. The summed E-state index contributed by atoms with van der Waals surface area (Å²) in [5, 5.41) is 12.1. The van der Waals surface area contributed by atoms with Gasteiger partial charge in [-0.15, -0.1) is 0 Å². The van der Waals surface area contributed by atoms with Crippen LogP contribution in [-0.4, -0.2) is 42.0 Å². The van der Waals surface area contributed by atoms with Crippen molar-refractivity contribution in [2.75, 3.05) is 13.7 Å². The Balaban J connectivity index is 1.82. The number of rotatable bonds is 9. The summed E-state index contributed by atoms with van der Waals surface area (Å²) in [6, 6.07) is 4.93. The Bertz CT molecular complexity index is 679. The van der Waals surface area contributed by atoms with Crippen molar-refractivity contribution < 1.29 is 29.0 Å². The number of nitrogens with one attached hydrogen (secondary N) is 1. The van der Waals surface area contributed by atoms with Gasteiger partial charge in [0.2, 0.25) is 5.91 Å². The van der Waals surface area contributed by atoms with E-state index in [0.29, 0.717) is 36.3 Å². The molecular weight excluding hydrogens is 338 g/mol. The van der Waals surface area contributed by atoms with E-state index in [1.807, 2.05) is 0 Å². The van der Waals surface area contributed by atoms with Crippen LogP contribution >= 0.6 is 0 Å². The number of hydrogen-bond acceptors (Lipinski definition) is 5. The second kappa shape index (κ2) is 8.69. The van der Waals surface area contributed by atoms with E-state index >= 15 is 0 Å². The Kier molecular flexibility index (Phi) is 6.60. The Labute approximate surface area is 152 Å². The number of carboxylic acids is 1. The van der Waals surface area contributed by atoms with Gasteiger partial charge in [-0.3, -0.25) is 9.59 Å². The molecule has 0 aromatic heterocycles. The number of benzene rings is 1. The quantitative estimate of drug-likeness (QED) is 0.516. The molecule has 1 saturated carbocycles. The second-order valence-electron chi connectivity index (χ2n) is 6.52. The normalized spacial score (nSPS) is 15.3. The summed E-state index contributed by atoms with van der Waals surface area (Å²) in [6.45, 7) is 1.76. The average Bonchev–Trinajstić information content (AvgIpc) is 3.08. The molecule has 0 heterocycles. The minimum atomic E-state index is -1.11. The number of carbonyl (C=O) groups is 3. The lowest BCUT2D eigenvalue weighted by molar-refractivity contribution is -0.147. The number of Topliss-reactive ketones (excluding diaryl/α,β-unsaturated/α-hetero) is 1. The summed E-state index contributed by atoms with van der Waals surface area (Å²) in [7, 11) is 1.49. The van der Waals surface area contributed by atoms with Gasteiger partial charge in [0.05, 0.1) is 13.7 Å². The van der Waals surface area contributed by atoms with Crippen LogP contribution in [0.25, 0.3) is 0 Å². The molecule has 0 saturated heterocycles. The summed E-state index contributed by atoms with van der Waals surface area (Å²) in [5.41, 5.74) is -0.576. The van der Waals surface area contributed by atoms with Gasteiger partial charge < -0.3 is 19.9 Å². The first kappa shape index (κ1) is 19.8. The molecule has 142 valence electrons. The van der Waals surface area contributed by atoms with Crippen molar-refractivity contribution in [2.24, 2.45) is 0 Å². The zero-order chi connectivity index (χ0) is 19.2. The van der Waals surface area contributed by atoms with Crippen molar-refractivity contribution in [1.82, 2.24) is 5.32 Å². The first-order chi connectivity index (χ1) is 12.4. The molecule has 26 heavy (non-hydrogen) atoms. The van der Waals surface area contributed by atoms with Crippen LogP contribution in [0.2, 0.25) is 0 Å². The third-order valence-electron chi connectivity index (χ3n) is 4.62. The highest BCUT2D eigenvalue weighted by Crippen LogP contribution is 2.30. The van der Waals surface area contributed by atoms with Gasteiger partial charge >= 0.3 is 5.97 Å². The Morgan fingerprint density at radius 2 is 1.88 bits per heavy atom. The van der Waals surface area contributed by atoms with Crippen LogP contribution in [0.4, 0.5) is 0 Å². The predicted molar refractivity (Wildman–Crippen MR) is 94.7 cm³/mol. The van der Waals surface area contributed by atoms with Gasteiger partial charge in [0.1, 0.15) is 5.54 Å². The zero-order valence-electron chi connectivity index (χ0n) is 15.2. The molecule has 1 amide bonds. The topological polar surface area (TPSA) is 102 Å². The number of carbonyl (C=O) groups excluding carboxylic acids is 2. The maximum Gasteiger partial charge on any atom is 0.329 e. The smallest absolute Gasteiger partial charge is 0.329 e. The van der Waals surface area contributed by atoms with E-state index in [0.717, 1.165) is 12.8 Å². The summed E-state index contributed by atoms with van der Waals surface area (Å²) in [4.78, 5) is 34.9. The van der Waals surface area contributed by atoms with Crippen LogP contribution in [0.5, 0.6) is 11.5 Å². The fraction of sp³-hybridized carbons (Fsp3) is 0.526. The van der Waals surface area contributed by atoms with Crippen LogP contribution in [-0.2, 0) is 9.59 Å². The van der Waals surface area contributed by atoms with E-state index in [9.17, 15) is 19.5 Å². The monoisotopic (exact) mass is 363 g/mol. The predicted octanol–water partition coefficient (Wildman–Crippen LogP) is 2.57. The van der Waals surface area contributed by atoms with Gasteiger partial charge in [0.15, 0.2) is 17.3 Å². The van der Waals surface area contributed by atoms with E-state index < -0.39 is 11.5 Å². The highest BCUT2D eigenvalue weighted by Gasteiger charge is 2.42. The van der Waals surface area contributed by atoms with E-state index in [4.69, 9.17) is 9.47 Å². The van der Waals surface area contributed by atoms with Crippen molar-refractivity contribution in [3.05, 3.63) is 23.8 Å². The molecule has 0 radical (unpaired) electrons. The van der Waals surface area contributed by atoms with E-state index in [-0.39, 0.29) is 24.7 Å². The number of methoxy groups -OCH3 is 1. The minimum Gasteiger partial charge on any atom is -0.493 e.